The summed E-state index contributed by atoms with van der Waals surface area (Å²) in [5, 5.41) is 0.379. The number of rotatable bonds is 4. The van der Waals surface area contributed by atoms with Crippen LogP contribution in [0.4, 0.5) is 10.1 Å². The Bertz CT molecular complexity index is 1030. The molecular weight excluding hydrogens is 369 g/mol. The first kappa shape index (κ1) is 18.6. The zero-order valence-electron chi connectivity index (χ0n) is 17.2. The standard InChI is InChI=1S/C23H28FN3O2/c1-25-10-16-13-27(17-7-8-17)20-18(22(16)28)9-19(24)21(23(20)29-2)26-11-14-5-3-4-6-15(14)12-26/h9-10,13-15,17H,3-8,11-12H2,1-2H3/t14-,15+. The molecule has 0 spiro atoms. The van der Waals surface area contributed by atoms with E-state index in [2.05, 4.69) is 14.5 Å². The molecule has 29 heavy (non-hydrogen) atoms. The van der Waals surface area contributed by atoms with Crippen LogP contribution in [0.5, 0.6) is 5.75 Å². The highest BCUT2D eigenvalue weighted by Gasteiger charge is 2.37. The number of fused-ring (bicyclic) bond motifs is 2. The van der Waals surface area contributed by atoms with Crippen molar-refractivity contribution in [3.05, 3.63) is 33.9 Å². The first-order valence-electron chi connectivity index (χ1n) is 10.7. The second-order valence-corrected chi connectivity index (χ2v) is 8.79. The summed E-state index contributed by atoms with van der Waals surface area (Å²) in [6, 6.07) is 1.75. The van der Waals surface area contributed by atoms with Crippen molar-refractivity contribution in [1.82, 2.24) is 4.57 Å². The molecule has 2 aliphatic carbocycles. The highest BCUT2D eigenvalue weighted by atomic mass is 19.1. The van der Waals surface area contributed by atoms with E-state index in [1.54, 1.807) is 20.4 Å². The normalized spacial score (nSPS) is 24.4. The Labute approximate surface area is 170 Å². The van der Waals surface area contributed by atoms with Gasteiger partial charge < -0.3 is 14.2 Å². The highest BCUT2D eigenvalue weighted by Crippen LogP contribution is 2.46. The number of pyridine rings is 1. The lowest BCUT2D eigenvalue weighted by molar-refractivity contribution is 0.299. The van der Waals surface area contributed by atoms with Crippen LogP contribution in [0, 0.1) is 17.7 Å². The maximum atomic E-state index is 15.4. The second kappa shape index (κ2) is 7.15. The van der Waals surface area contributed by atoms with Crippen molar-refractivity contribution < 1.29 is 9.13 Å². The largest absolute Gasteiger partial charge is 0.492 e. The molecule has 2 atom stereocenters. The van der Waals surface area contributed by atoms with E-state index < -0.39 is 0 Å². The molecule has 0 bridgehead atoms. The van der Waals surface area contributed by atoms with Gasteiger partial charge in [0.15, 0.2) is 17.0 Å². The Morgan fingerprint density at radius 3 is 2.45 bits per heavy atom. The molecule has 5 nitrogen and oxygen atoms in total. The molecule has 0 unspecified atom stereocenters. The number of aromatic nitrogens is 1. The lowest BCUT2D eigenvalue weighted by Crippen LogP contribution is -2.23. The minimum Gasteiger partial charge on any atom is -0.492 e. The first-order valence-corrected chi connectivity index (χ1v) is 10.7. The molecule has 2 heterocycles. The maximum Gasteiger partial charge on any atom is 0.198 e. The predicted octanol–water partition coefficient (Wildman–Crippen LogP) is 4.16. The van der Waals surface area contributed by atoms with Crippen molar-refractivity contribution >= 4 is 22.8 Å². The van der Waals surface area contributed by atoms with Crippen molar-refractivity contribution in [2.24, 2.45) is 16.8 Å². The van der Waals surface area contributed by atoms with Crippen LogP contribution in [0.1, 0.15) is 50.1 Å². The molecule has 1 aliphatic heterocycles. The van der Waals surface area contributed by atoms with Crippen molar-refractivity contribution in [3.63, 3.8) is 0 Å². The van der Waals surface area contributed by atoms with E-state index in [-0.39, 0.29) is 11.2 Å². The van der Waals surface area contributed by atoms with Crippen LogP contribution in [-0.4, -0.2) is 38.0 Å². The quantitative estimate of drug-likeness (QED) is 0.728. The van der Waals surface area contributed by atoms with Gasteiger partial charge >= 0.3 is 0 Å². The van der Waals surface area contributed by atoms with E-state index in [0.717, 1.165) is 31.4 Å². The third kappa shape index (κ3) is 3.04. The fourth-order valence-electron chi connectivity index (χ4n) is 5.41. The lowest BCUT2D eigenvalue weighted by Gasteiger charge is -2.25. The summed E-state index contributed by atoms with van der Waals surface area (Å²) in [5.74, 6) is 1.41. The third-order valence-electron chi connectivity index (χ3n) is 6.93. The number of anilines is 1. The van der Waals surface area contributed by atoms with Gasteiger partial charge in [-0.25, -0.2) is 4.39 Å². The van der Waals surface area contributed by atoms with Crippen molar-refractivity contribution in [2.45, 2.75) is 44.6 Å². The Hall–Kier alpha value is -2.37. The molecule has 2 saturated carbocycles. The summed E-state index contributed by atoms with van der Waals surface area (Å²) in [5.41, 5.74) is 1.55. The van der Waals surface area contributed by atoms with E-state index >= 15 is 4.39 Å². The van der Waals surface area contributed by atoms with Gasteiger partial charge in [0.25, 0.3) is 0 Å². The molecule has 1 aromatic heterocycles. The van der Waals surface area contributed by atoms with E-state index in [1.165, 1.54) is 31.7 Å². The van der Waals surface area contributed by atoms with Gasteiger partial charge in [0.05, 0.1) is 23.6 Å². The van der Waals surface area contributed by atoms with Crippen LogP contribution in [0.3, 0.4) is 0 Å². The van der Waals surface area contributed by atoms with Gasteiger partial charge in [0, 0.05) is 38.6 Å². The van der Waals surface area contributed by atoms with Gasteiger partial charge in [-0.2, -0.15) is 0 Å². The molecule has 1 saturated heterocycles. The molecule has 5 rings (SSSR count). The Balaban J connectivity index is 1.72. The summed E-state index contributed by atoms with van der Waals surface area (Å²) >= 11 is 0. The van der Waals surface area contributed by atoms with Crippen LogP contribution in [0.15, 0.2) is 22.1 Å². The molecule has 2 aromatic rings. The van der Waals surface area contributed by atoms with E-state index in [0.29, 0.717) is 40.3 Å². The van der Waals surface area contributed by atoms with Crippen molar-refractivity contribution in [2.75, 3.05) is 32.1 Å². The SMILES string of the molecule is CN=Cc1cn(C2CC2)c2c(OC)c(N3C[C@H]4CCCC[C@H]4C3)c(F)cc2c1=O. The molecule has 0 amide bonds. The minimum atomic E-state index is -0.363. The summed E-state index contributed by atoms with van der Waals surface area (Å²) in [4.78, 5) is 19.2. The zero-order chi connectivity index (χ0) is 20.1. The number of nitrogens with zero attached hydrogens (tertiary/aromatic N) is 3. The number of halogens is 1. The maximum absolute atomic E-state index is 15.4. The number of hydrogen-bond acceptors (Lipinski definition) is 4. The summed E-state index contributed by atoms with van der Waals surface area (Å²) in [7, 11) is 3.23. The molecule has 6 heteroatoms. The van der Waals surface area contributed by atoms with Crippen LogP contribution >= 0.6 is 0 Å². The topological polar surface area (TPSA) is 46.8 Å². The number of benzene rings is 1. The fourth-order valence-corrected chi connectivity index (χ4v) is 5.41. The second-order valence-electron chi connectivity index (χ2n) is 8.79. The smallest absolute Gasteiger partial charge is 0.198 e. The molecule has 0 radical (unpaired) electrons. The Morgan fingerprint density at radius 1 is 1.17 bits per heavy atom. The predicted molar refractivity (Wildman–Crippen MR) is 114 cm³/mol. The molecule has 3 aliphatic rings. The van der Waals surface area contributed by atoms with Crippen LogP contribution in [0.25, 0.3) is 10.9 Å². The minimum absolute atomic E-state index is 0.193. The summed E-state index contributed by atoms with van der Waals surface area (Å²) in [6.45, 7) is 1.75. The van der Waals surface area contributed by atoms with Gasteiger partial charge in [-0.1, -0.05) is 12.8 Å². The number of ether oxygens (including phenoxy) is 1. The Morgan fingerprint density at radius 2 is 1.86 bits per heavy atom. The number of aliphatic imine (C=N–C) groups is 1. The average Bonchev–Trinajstić information content (AvgIpc) is 3.47. The zero-order valence-corrected chi connectivity index (χ0v) is 17.2. The van der Waals surface area contributed by atoms with Crippen LogP contribution in [-0.2, 0) is 0 Å². The van der Waals surface area contributed by atoms with Gasteiger partial charge in [0.1, 0.15) is 5.69 Å². The van der Waals surface area contributed by atoms with E-state index in [1.807, 2.05) is 6.20 Å². The molecule has 1 aromatic carbocycles. The van der Waals surface area contributed by atoms with Gasteiger partial charge in [-0.3, -0.25) is 9.79 Å². The first-order chi connectivity index (χ1) is 14.1. The molecule has 0 N–H and O–H groups in total. The van der Waals surface area contributed by atoms with Crippen LogP contribution in [0.2, 0.25) is 0 Å². The molecule has 154 valence electrons. The summed E-state index contributed by atoms with van der Waals surface area (Å²) < 4.78 is 23.4. The van der Waals surface area contributed by atoms with E-state index in [9.17, 15) is 4.79 Å². The monoisotopic (exact) mass is 397 g/mol. The van der Waals surface area contributed by atoms with Crippen molar-refractivity contribution in [3.8, 4) is 5.75 Å². The highest BCUT2D eigenvalue weighted by molar-refractivity contribution is 5.95. The van der Waals surface area contributed by atoms with Gasteiger partial charge in [-0.15, -0.1) is 0 Å². The summed E-state index contributed by atoms with van der Waals surface area (Å²) in [6.07, 6.45) is 10.5. The average molecular weight is 397 g/mol. The molecular formula is C23H28FN3O2. The lowest BCUT2D eigenvalue weighted by atomic mass is 9.82. The van der Waals surface area contributed by atoms with Crippen molar-refractivity contribution in [1.29, 1.82) is 0 Å². The van der Waals surface area contributed by atoms with Crippen LogP contribution < -0.4 is 15.1 Å². The fraction of sp³-hybridized carbons (Fsp3) is 0.565. The Kier molecular flexibility index (Phi) is 4.60. The number of hydrogen-bond donors (Lipinski definition) is 0. The molecule has 3 fully saturated rings. The van der Waals surface area contributed by atoms with Gasteiger partial charge in [0.2, 0.25) is 0 Å². The third-order valence-corrected chi connectivity index (χ3v) is 6.93. The van der Waals surface area contributed by atoms with Gasteiger partial charge in [-0.05, 0) is 43.6 Å². The number of methoxy groups -OCH3 is 1. The van der Waals surface area contributed by atoms with E-state index in [4.69, 9.17) is 4.74 Å².